The Morgan fingerprint density at radius 1 is 1.00 bits per heavy atom. The topological polar surface area (TPSA) is 44.8 Å². The van der Waals surface area contributed by atoms with Gasteiger partial charge in [0.2, 0.25) is 0 Å². The third-order valence-corrected chi connectivity index (χ3v) is 3.07. The van der Waals surface area contributed by atoms with Crippen LogP contribution in [0.2, 0.25) is 0 Å². The van der Waals surface area contributed by atoms with Crippen LogP contribution in [0.25, 0.3) is 11.1 Å². The summed E-state index contributed by atoms with van der Waals surface area (Å²) in [4.78, 5) is 11.4. The second-order valence-corrected chi connectivity index (χ2v) is 4.42. The Kier molecular flexibility index (Phi) is 4.82. The molecule has 2 aromatic carbocycles. The van der Waals surface area contributed by atoms with Crippen LogP contribution in [0.3, 0.4) is 0 Å². The van der Waals surface area contributed by atoms with Crippen LogP contribution in [-0.4, -0.2) is 20.2 Å². The maximum atomic E-state index is 11.4. The highest BCUT2D eigenvalue weighted by Gasteiger charge is 2.09. The van der Waals surface area contributed by atoms with Crippen molar-refractivity contribution >= 4 is 5.97 Å². The number of hydrogen-bond acceptors (Lipinski definition) is 4. The first-order valence-corrected chi connectivity index (χ1v) is 6.71. The average molecular weight is 286 g/mol. The van der Waals surface area contributed by atoms with Crippen molar-refractivity contribution in [3.63, 3.8) is 0 Å². The summed E-state index contributed by atoms with van der Waals surface area (Å²) in [7, 11) is 3.22. The van der Waals surface area contributed by atoms with Crippen molar-refractivity contribution in [3.05, 3.63) is 42.5 Å². The van der Waals surface area contributed by atoms with E-state index in [1.54, 1.807) is 27.2 Å². The number of ether oxygens (including phenoxy) is 3. The first kappa shape index (κ1) is 14.9. The van der Waals surface area contributed by atoms with Gasteiger partial charge in [0.1, 0.15) is 17.2 Å². The van der Waals surface area contributed by atoms with Gasteiger partial charge in [-0.2, -0.15) is 0 Å². The van der Waals surface area contributed by atoms with E-state index in [0.29, 0.717) is 17.9 Å². The van der Waals surface area contributed by atoms with E-state index < -0.39 is 0 Å². The zero-order valence-electron chi connectivity index (χ0n) is 12.4. The summed E-state index contributed by atoms with van der Waals surface area (Å²) in [6.07, 6.45) is 0.343. The quantitative estimate of drug-likeness (QED) is 0.621. The van der Waals surface area contributed by atoms with Crippen LogP contribution in [0, 0.1) is 0 Å². The minimum atomic E-state index is -0.256. The number of benzene rings is 2. The van der Waals surface area contributed by atoms with E-state index in [0.717, 1.165) is 16.9 Å². The molecule has 0 fully saturated rings. The molecule has 4 nitrogen and oxygen atoms in total. The van der Waals surface area contributed by atoms with Gasteiger partial charge in [0.05, 0.1) is 14.2 Å². The molecule has 0 unspecified atom stereocenters. The number of hydrogen-bond donors (Lipinski definition) is 0. The third kappa shape index (κ3) is 3.54. The van der Waals surface area contributed by atoms with Crippen molar-refractivity contribution in [2.24, 2.45) is 0 Å². The van der Waals surface area contributed by atoms with Crippen LogP contribution < -0.4 is 14.2 Å². The van der Waals surface area contributed by atoms with Gasteiger partial charge in [-0.1, -0.05) is 19.1 Å². The van der Waals surface area contributed by atoms with E-state index in [1.165, 1.54) is 0 Å². The maximum Gasteiger partial charge on any atom is 0.310 e. The van der Waals surface area contributed by atoms with Gasteiger partial charge in [-0.25, -0.2) is 0 Å². The lowest BCUT2D eigenvalue weighted by Gasteiger charge is -2.11. The van der Waals surface area contributed by atoms with E-state index in [9.17, 15) is 4.79 Å². The Balaban J connectivity index is 2.37. The largest absolute Gasteiger partial charge is 0.497 e. The van der Waals surface area contributed by atoms with Crippen LogP contribution in [0.1, 0.15) is 13.3 Å². The first-order valence-electron chi connectivity index (χ1n) is 6.71. The summed E-state index contributed by atoms with van der Waals surface area (Å²) >= 11 is 0. The van der Waals surface area contributed by atoms with Crippen molar-refractivity contribution in [2.45, 2.75) is 13.3 Å². The lowest BCUT2D eigenvalue weighted by atomic mass is 10.0. The van der Waals surface area contributed by atoms with Gasteiger partial charge in [0.15, 0.2) is 0 Å². The molecule has 0 saturated heterocycles. The Morgan fingerprint density at radius 2 is 1.81 bits per heavy atom. The SMILES string of the molecule is CCC(=O)Oc1cccc(-c2ccc(OC)cc2OC)c1. The minimum Gasteiger partial charge on any atom is -0.497 e. The number of methoxy groups -OCH3 is 2. The Labute approximate surface area is 124 Å². The zero-order valence-corrected chi connectivity index (χ0v) is 12.4. The monoisotopic (exact) mass is 286 g/mol. The molecule has 0 aliphatic rings. The maximum absolute atomic E-state index is 11.4. The van der Waals surface area contributed by atoms with Gasteiger partial charge in [-0.05, 0) is 29.8 Å². The molecule has 0 bridgehead atoms. The molecular weight excluding hydrogens is 268 g/mol. The molecule has 0 amide bonds. The fourth-order valence-corrected chi connectivity index (χ4v) is 1.97. The van der Waals surface area contributed by atoms with Crippen LogP contribution in [0.15, 0.2) is 42.5 Å². The first-order chi connectivity index (χ1) is 10.2. The molecule has 21 heavy (non-hydrogen) atoms. The van der Waals surface area contributed by atoms with Crippen molar-refractivity contribution in [3.8, 4) is 28.4 Å². The van der Waals surface area contributed by atoms with Crippen molar-refractivity contribution in [2.75, 3.05) is 14.2 Å². The number of esters is 1. The van der Waals surface area contributed by atoms with E-state index in [-0.39, 0.29) is 5.97 Å². The molecule has 0 N–H and O–H groups in total. The smallest absolute Gasteiger partial charge is 0.310 e. The third-order valence-electron chi connectivity index (χ3n) is 3.07. The molecule has 0 aliphatic heterocycles. The lowest BCUT2D eigenvalue weighted by Crippen LogP contribution is -2.05. The highest BCUT2D eigenvalue weighted by Crippen LogP contribution is 2.34. The molecule has 0 atom stereocenters. The number of carbonyl (C=O) groups excluding carboxylic acids is 1. The molecule has 2 aromatic rings. The Hall–Kier alpha value is -2.49. The summed E-state index contributed by atoms with van der Waals surface area (Å²) in [5.74, 6) is 1.70. The van der Waals surface area contributed by atoms with Gasteiger partial charge in [-0.3, -0.25) is 4.79 Å². The Morgan fingerprint density at radius 3 is 2.48 bits per heavy atom. The highest BCUT2D eigenvalue weighted by molar-refractivity contribution is 5.75. The molecule has 0 heterocycles. The van der Waals surface area contributed by atoms with Crippen LogP contribution in [-0.2, 0) is 4.79 Å². The van der Waals surface area contributed by atoms with Crippen LogP contribution >= 0.6 is 0 Å². The van der Waals surface area contributed by atoms with E-state index >= 15 is 0 Å². The Bertz CT molecular complexity index is 634. The standard InChI is InChI=1S/C17H18O4/c1-4-17(18)21-14-7-5-6-12(10-14)15-9-8-13(19-2)11-16(15)20-3/h5-11H,4H2,1-3H3. The summed E-state index contributed by atoms with van der Waals surface area (Å²) in [6, 6.07) is 13.0. The molecule has 2 rings (SSSR count). The highest BCUT2D eigenvalue weighted by atomic mass is 16.5. The fraction of sp³-hybridized carbons (Fsp3) is 0.235. The van der Waals surface area contributed by atoms with Gasteiger partial charge in [0.25, 0.3) is 0 Å². The molecule has 0 radical (unpaired) electrons. The van der Waals surface area contributed by atoms with Crippen molar-refractivity contribution in [1.82, 2.24) is 0 Å². The predicted octanol–water partition coefficient (Wildman–Crippen LogP) is 3.69. The van der Waals surface area contributed by atoms with Gasteiger partial charge < -0.3 is 14.2 Å². The molecule has 0 saturated carbocycles. The molecule has 0 aromatic heterocycles. The average Bonchev–Trinajstić information content (AvgIpc) is 2.54. The molecule has 4 heteroatoms. The molecule has 0 spiro atoms. The number of rotatable bonds is 5. The second kappa shape index (κ2) is 6.79. The summed E-state index contributed by atoms with van der Waals surface area (Å²) in [5.41, 5.74) is 1.82. The molecular formula is C17H18O4. The minimum absolute atomic E-state index is 0.256. The van der Waals surface area contributed by atoms with Crippen LogP contribution in [0.4, 0.5) is 0 Å². The molecule has 110 valence electrons. The summed E-state index contributed by atoms with van der Waals surface area (Å²) < 4.78 is 15.8. The van der Waals surface area contributed by atoms with Gasteiger partial charge in [-0.15, -0.1) is 0 Å². The van der Waals surface area contributed by atoms with Crippen molar-refractivity contribution < 1.29 is 19.0 Å². The normalized spacial score (nSPS) is 10.0. The molecule has 0 aliphatic carbocycles. The second-order valence-electron chi connectivity index (χ2n) is 4.42. The summed E-state index contributed by atoms with van der Waals surface area (Å²) in [6.45, 7) is 1.76. The van der Waals surface area contributed by atoms with E-state index in [1.807, 2.05) is 36.4 Å². The lowest BCUT2D eigenvalue weighted by molar-refractivity contribution is -0.134. The number of carbonyl (C=O) groups is 1. The zero-order chi connectivity index (χ0) is 15.2. The van der Waals surface area contributed by atoms with Gasteiger partial charge >= 0.3 is 5.97 Å². The van der Waals surface area contributed by atoms with E-state index in [2.05, 4.69) is 0 Å². The predicted molar refractivity (Wildman–Crippen MR) is 80.9 cm³/mol. The fourth-order valence-electron chi connectivity index (χ4n) is 1.97. The van der Waals surface area contributed by atoms with Crippen LogP contribution in [0.5, 0.6) is 17.2 Å². The van der Waals surface area contributed by atoms with E-state index in [4.69, 9.17) is 14.2 Å². The van der Waals surface area contributed by atoms with Gasteiger partial charge in [0, 0.05) is 18.1 Å². The van der Waals surface area contributed by atoms with Crippen molar-refractivity contribution in [1.29, 1.82) is 0 Å². The summed E-state index contributed by atoms with van der Waals surface area (Å²) in [5, 5.41) is 0.